The number of thiophene rings is 1. The second-order valence-corrected chi connectivity index (χ2v) is 9.10. The third-order valence-electron chi connectivity index (χ3n) is 4.40. The highest BCUT2D eigenvalue weighted by molar-refractivity contribution is 7.21. The fourth-order valence-corrected chi connectivity index (χ4v) is 4.68. The molecule has 24 heavy (non-hydrogen) atoms. The minimum atomic E-state index is 0.0144. The first-order valence-corrected chi connectivity index (χ1v) is 9.53. The molecule has 1 fully saturated rings. The van der Waals surface area contributed by atoms with Crippen LogP contribution in [0.5, 0.6) is 0 Å². The van der Waals surface area contributed by atoms with Crippen LogP contribution in [0.3, 0.4) is 0 Å². The smallest absolute Gasteiger partial charge is 0.265 e. The Balaban J connectivity index is 1.97. The maximum Gasteiger partial charge on any atom is 0.265 e. The van der Waals surface area contributed by atoms with E-state index in [9.17, 15) is 4.79 Å². The zero-order valence-corrected chi connectivity index (χ0v) is 16.4. The number of ether oxygens (including phenoxy) is 1. The Morgan fingerprint density at radius 3 is 2.46 bits per heavy atom. The maximum atomic E-state index is 13.0. The molecule has 1 aliphatic heterocycles. The summed E-state index contributed by atoms with van der Waals surface area (Å²) in [4.78, 5) is 15.5. The SMILES string of the molecule is CC1CN(C(=O)c2sc3cc(C(C)(C)C)ccc3c2Cl)CC(C)O1. The van der Waals surface area contributed by atoms with Crippen LogP contribution in [0.1, 0.15) is 49.9 Å². The highest BCUT2D eigenvalue weighted by atomic mass is 35.5. The van der Waals surface area contributed by atoms with Gasteiger partial charge in [-0.25, -0.2) is 0 Å². The molecule has 2 atom stereocenters. The summed E-state index contributed by atoms with van der Waals surface area (Å²) in [5, 5.41) is 1.54. The van der Waals surface area contributed by atoms with Crippen LogP contribution >= 0.6 is 22.9 Å². The van der Waals surface area contributed by atoms with Gasteiger partial charge in [-0.2, -0.15) is 0 Å². The van der Waals surface area contributed by atoms with Crippen molar-refractivity contribution in [2.45, 2.75) is 52.2 Å². The molecular weight excluding hydrogens is 342 g/mol. The van der Waals surface area contributed by atoms with Crippen molar-refractivity contribution >= 4 is 38.9 Å². The van der Waals surface area contributed by atoms with Gasteiger partial charge in [0.1, 0.15) is 4.88 Å². The monoisotopic (exact) mass is 365 g/mol. The van der Waals surface area contributed by atoms with Gasteiger partial charge in [0.05, 0.1) is 17.2 Å². The zero-order chi connectivity index (χ0) is 17.6. The molecule has 3 nitrogen and oxygen atoms in total. The number of hydrogen-bond donors (Lipinski definition) is 0. The largest absolute Gasteiger partial charge is 0.372 e. The average molecular weight is 366 g/mol. The molecule has 3 rings (SSSR count). The fraction of sp³-hybridized carbons (Fsp3) is 0.526. The van der Waals surface area contributed by atoms with Crippen molar-refractivity contribution in [1.29, 1.82) is 0 Å². The molecule has 0 saturated carbocycles. The van der Waals surface area contributed by atoms with Crippen molar-refractivity contribution < 1.29 is 9.53 Å². The van der Waals surface area contributed by atoms with Gasteiger partial charge in [0.15, 0.2) is 0 Å². The van der Waals surface area contributed by atoms with Gasteiger partial charge in [0, 0.05) is 23.2 Å². The molecule has 1 aromatic carbocycles. The summed E-state index contributed by atoms with van der Waals surface area (Å²) < 4.78 is 6.80. The van der Waals surface area contributed by atoms with Crippen LogP contribution < -0.4 is 0 Å². The quantitative estimate of drug-likeness (QED) is 0.703. The average Bonchev–Trinajstić information content (AvgIpc) is 2.81. The summed E-state index contributed by atoms with van der Waals surface area (Å²) in [5.41, 5.74) is 1.32. The summed E-state index contributed by atoms with van der Waals surface area (Å²) in [6.07, 6.45) is 0.108. The molecule has 2 heterocycles. The van der Waals surface area contributed by atoms with E-state index in [0.29, 0.717) is 23.0 Å². The number of fused-ring (bicyclic) bond motifs is 1. The molecule has 130 valence electrons. The molecule has 2 unspecified atom stereocenters. The number of hydrogen-bond acceptors (Lipinski definition) is 3. The van der Waals surface area contributed by atoms with Gasteiger partial charge in [-0.3, -0.25) is 4.79 Å². The first kappa shape index (κ1) is 17.7. The minimum absolute atomic E-state index is 0.0144. The molecule has 1 aromatic heterocycles. The fourth-order valence-electron chi connectivity index (χ4n) is 3.16. The maximum absolute atomic E-state index is 13.0. The van der Waals surface area contributed by atoms with Gasteiger partial charge < -0.3 is 9.64 Å². The van der Waals surface area contributed by atoms with Crippen LogP contribution in [0, 0.1) is 0 Å². The second kappa shape index (κ2) is 6.32. The zero-order valence-electron chi connectivity index (χ0n) is 14.9. The molecule has 1 saturated heterocycles. The molecule has 0 aliphatic carbocycles. The lowest BCUT2D eigenvalue weighted by molar-refractivity contribution is -0.0584. The Kier molecular flexibility index (Phi) is 4.67. The van der Waals surface area contributed by atoms with Gasteiger partial charge in [-0.15, -0.1) is 11.3 Å². The highest BCUT2D eigenvalue weighted by Crippen LogP contribution is 2.38. The Bertz CT molecular complexity index is 768. The van der Waals surface area contributed by atoms with Crippen LogP contribution in [0.4, 0.5) is 0 Å². The van der Waals surface area contributed by atoms with Crippen LogP contribution in [-0.2, 0) is 10.2 Å². The number of nitrogens with zero attached hydrogens (tertiary/aromatic N) is 1. The molecule has 1 aliphatic rings. The van der Waals surface area contributed by atoms with E-state index < -0.39 is 0 Å². The molecule has 5 heteroatoms. The van der Waals surface area contributed by atoms with Gasteiger partial charge >= 0.3 is 0 Å². The van der Waals surface area contributed by atoms with Crippen LogP contribution in [0.2, 0.25) is 5.02 Å². The van der Waals surface area contributed by atoms with E-state index in [0.717, 1.165) is 10.1 Å². The van der Waals surface area contributed by atoms with Gasteiger partial charge in [-0.05, 0) is 30.9 Å². The molecule has 0 spiro atoms. The van der Waals surface area contributed by atoms with E-state index >= 15 is 0 Å². The molecule has 0 N–H and O–H groups in total. The number of carbonyl (C=O) groups is 1. The van der Waals surface area contributed by atoms with Crippen molar-refractivity contribution in [3.05, 3.63) is 33.7 Å². The first-order chi connectivity index (χ1) is 11.2. The molecule has 1 amide bonds. The van der Waals surface area contributed by atoms with Crippen molar-refractivity contribution in [2.75, 3.05) is 13.1 Å². The van der Waals surface area contributed by atoms with Crippen LogP contribution in [0.15, 0.2) is 18.2 Å². The third-order valence-corrected chi connectivity index (χ3v) is 6.04. The third kappa shape index (κ3) is 3.32. The number of halogens is 1. The minimum Gasteiger partial charge on any atom is -0.372 e. The van der Waals surface area contributed by atoms with Crippen LogP contribution in [0.25, 0.3) is 10.1 Å². The lowest BCUT2D eigenvalue weighted by Crippen LogP contribution is -2.48. The molecule has 0 radical (unpaired) electrons. The summed E-state index contributed by atoms with van der Waals surface area (Å²) in [5.74, 6) is 0.0144. The summed E-state index contributed by atoms with van der Waals surface area (Å²) in [7, 11) is 0. The topological polar surface area (TPSA) is 29.5 Å². The predicted molar refractivity (Wildman–Crippen MR) is 101 cm³/mol. The Morgan fingerprint density at radius 1 is 1.25 bits per heavy atom. The first-order valence-electron chi connectivity index (χ1n) is 8.34. The summed E-state index contributed by atoms with van der Waals surface area (Å²) in [6.45, 7) is 11.8. The summed E-state index contributed by atoms with van der Waals surface area (Å²) >= 11 is 8.04. The number of morpholine rings is 1. The predicted octanol–water partition coefficient (Wildman–Crippen LogP) is 5.10. The standard InChI is InChI=1S/C19H24ClNO2S/c1-11-9-21(10-12(2)23-11)18(22)17-16(20)14-7-6-13(19(3,4)5)8-15(14)24-17/h6-8,11-12H,9-10H2,1-5H3. The molecular formula is C19H24ClNO2S. The summed E-state index contributed by atoms with van der Waals surface area (Å²) in [6, 6.07) is 6.30. The van der Waals surface area contributed by atoms with Crippen molar-refractivity contribution in [3.63, 3.8) is 0 Å². The second-order valence-electron chi connectivity index (χ2n) is 7.67. The Labute approximate surface area is 152 Å². The Morgan fingerprint density at radius 2 is 1.88 bits per heavy atom. The molecule has 0 bridgehead atoms. The number of amides is 1. The molecule has 2 aromatic rings. The lowest BCUT2D eigenvalue weighted by Gasteiger charge is -2.35. The van der Waals surface area contributed by atoms with E-state index in [1.165, 1.54) is 16.9 Å². The van der Waals surface area contributed by atoms with Crippen LogP contribution in [-0.4, -0.2) is 36.1 Å². The van der Waals surface area contributed by atoms with E-state index in [4.69, 9.17) is 16.3 Å². The van der Waals surface area contributed by atoms with E-state index in [-0.39, 0.29) is 23.5 Å². The van der Waals surface area contributed by atoms with Crippen molar-refractivity contribution in [3.8, 4) is 0 Å². The Hall–Kier alpha value is -1.10. The van der Waals surface area contributed by atoms with E-state index in [1.54, 1.807) is 0 Å². The van der Waals surface area contributed by atoms with Gasteiger partial charge in [-0.1, -0.05) is 44.5 Å². The van der Waals surface area contributed by atoms with Crippen molar-refractivity contribution in [2.24, 2.45) is 0 Å². The normalized spacial score (nSPS) is 22.2. The highest BCUT2D eigenvalue weighted by Gasteiger charge is 2.29. The van der Waals surface area contributed by atoms with Gasteiger partial charge in [0.25, 0.3) is 5.91 Å². The van der Waals surface area contributed by atoms with E-state index in [2.05, 4.69) is 32.9 Å². The van der Waals surface area contributed by atoms with Gasteiger partial charge in [0.2, 0.25) is 0 Å². The number of carbonyl (C=O) groups excluding carboxylic acids is 1. The van der Waals surface area contributed by atoms with E-state index in [1.807, 2.05) is 24.8 Å². The number of benzene rings is 1. The van der Waals surface area contributed by atoms with Crippen molar-refractivity contribution in [1.82, 2.24) is 4.90 Å². The number of rotatable bonds is 1. The lowest BCUT2D eigenvalue weighted by atomic mass is 9.87.